The van der Waals surface area contributed by atoms with Gasteiger partial charge in [0.15, 0.2) is 0 Å². The second kappa shape index (κ2) is 38.5. The van der Waals surface area contributed by atoms with Crippen LogP contribution in [0.5, 0.6) is 0 Å². The second-order valence-corrected chi connectivity index (χ2v) is 16.3. The summed E-state index contributed by atoms with van der Waals surface area (Å²) in [6.45, 7) is 4.42. The Morgan fingerprint density at radius 3 is 1.25 bits per heavy atom. The van der Waals surface area contributed by atoms with Crippen LogP contribution in [0.1, 0.15) is 194 Å². The van der Waals surface area contributed by atoms with Crippen molar-refractivity contribution in [1.29, 1.82) is 0 Å². The Morgan fingerprint density at radius 2 is 0.887 bits per heavy atom. The number of unbranched alkanes of at least 4 members (excludes halogenated alkanes) is 22. The van der Waals surface area contributed by atoms with Crippen molar-refractivity contribution in [3.8, 4) is 0 Å². The van der Waals surface area contributed by atoms with Gasteiger partial charge >= 0.3 is 22.2 Å². The number of carbonyl (C=O) groups is 2. The van der Waals surface area contributed by atoms with Crippen LogP contribution in [0.25, 0.3) is 0 Å². The molecule has 10 heteroatoms. The van der Waals surface area contributed by atoms with Gasteiger partial charge in [0, 0.05) is 19.4 Å². The number of hydrogen-bond donors (Lipinski definition) is 1. The summed E-state index contributed by atoms with van der Waals surface area (Å²) >= 11 is 0. The number of nitrogens with one attached hydrogen (secondary N) is 1. The highest BCUT2D eigenvalue weighted by Crippen LogP contribution is 2.12. The Hall–Kier alpha value is -1.75. The lowest BCUT2D eigenvalue weighted by molar-refractivity contribution is -0.147. The van der Waals surface area contributed by atoms with Crippen LogP contribution in [0.4, 0.5) is 0 Å². The van der Waals surface area contributed by atoms with E-state index in [-0.39, 0.29) is 44.6 Å². The van der Waals surface area contributed by atoms with Crippen LogP contribution in [0.15, 0.2) is 24.3 Å². The Bertz CT molecular complexity index is 945. The van der Waals surface area contributed by atoms with E-state index in [1.54, 1.807) is 4.90 Å². The molecule has 1 N–H and O–H groups in total. The molecule has 0 heterocycles. The highest BCUT2D eigenvalue weighted by atomic mass is 32.2. The molecule has 0 atom stereocenters. The first kappa shape index (κ1) is 51.2. The van der Waals surface area contributed by atoms with Crippen molar-refractivity contribution in [2.75, 3.05) is 40.5 Å². The Labute approximate surface area is 327 Å². The zero-order chi connectivity index (χ0) is 39.1. The third kappa shape index (κ3) is 39.7. The van der Waals surface area contributed by atoms with Gasteiger partial charge in [-0.25, -0.2) is 0 Å². The SMILES string of the molecule is CCCCCCCC/C=C\CCCCCCCC(=O)OCC(COC(=O)CCCCCCC/C=C\CCCCCCCC)NS(=O)(=O)OCCN(C)C. The summed E-state index contributed by atoms with van der Waals surface area (Å²) in [4.78, 5) is 26.7. The number of nitrogens with zero attached hydrogens (tertiary/aromatic N) is 1. The molecule has 9 nitrogen and oxygen atoms in total. The first-order valence-corrected chi connectivity index (χ1v) is 23.0. The number of ether oxygens (including phenoxy) is 2. The van der Waals surface area contributed by atoms with Crippen LogP contribution in [0.2, 0.25) is 0 Å². The minimum absolute atomic E-state index is 0.0282. The lowest BCUT2D eigenvalue weighted by Crippen LogP contribution is -2.43. The molecule has 0 saturated carbocycles. The predicted octanol–water partition coefficient (Wildman–Crippen LogP) is 10.9. The molecule has 53 heavy (non-hydrogen) atoms. The summed E-state index contributed by atoms with van der Waals surface area (Å²) in [6, 6.07) is -0.935. The van der Waals surface area contributed by atoms with Crippen molar-refractivity contribution in [1.82, 2.24) is 9.62 Å². The minimum atomic E-state index is -4.13. The average Bonchev–Trinajstić information content (AvgIpc) is 3.12. The number of hydrogen-bond acceptors (Lipinski definition) is 8. The van der Waals surface area contributed by atoms with Crippen molar-refractivity contribution in [2.45, 2.75) is 200 Å². The number of allylic oxidation sites excluding steroid dienone is 4. The second-order valence-electron chi connectivity index (χ2n) is 14.9. The van der Waals surface area contributed by atoms with Gasteiger partial charge in [0.1, 0.15) is 13.2 Å². The van der Waals surface area contributed by atoms with Crippen molar-refractivity contribution in [2.24, 2.45) is 0 Å². The smallest absolute Gasteiger partial charge is 0.336 e. The molecule has 0 aromatic rings. The van der Waals surface area contributed by atoms with Crippen molar-refractivity contribution in [3.63, 3.8) is 0 Å². The zero-order valence-electron chi connectivity index (χ0n) is 34.7. The van der Waals surface area contributed by atoms with Crippen LogP contribution in [0, 0.1) is 0 Å². The van der Waals surface area contributed by atoms with Gasteiger partial charge < -0.3 is 14.4 Å². The van der Waals surface area contributed by atoms with Gasteiger partial charge in [-0.1, -0.05) is 141 Å². The van der Waals surface area contributed by atoms with E-state index in [9.17, 15) is 18.0 Å². The maximum atomic E-state index is 12.5. The number of rotatable bonds is 40. The van der Waals surface area contributed by atoms with Gasteiger partial charge in [-0.2, -0.15) is 13.1 Å². The third-order valence-electron chi connectivity index (χ3n) is 9.26. The van der Waals surface area contributed by atoms with Crippen molar-refractivity contribution in [3.05, 3.63) is 24.3 Å². The van der Waals surface area contributed by atoms with Crippen LogP contribution in [-0.2, 0) is 33.6 Å². The fourth-order valence-corrected chi connectivity index (χ4v) is 6.80. The number of carbonyl (C=O) groups excluding carboxylic acids is 2. The molecule has 0 rings (SSSR count). The van der Waals surface area contributed by atoms with Gasteiger partial charge in [-0.15, -0.1) is 0 Å². The average molecular weight is 771 g/mol. The standard InChI is InChI=1S/C43H82N2O7S/c1-5-7-9-11-13-15-17-19-21-23-25-27-29-31-33-35-42(46)50-39-41(44-53(48,49)52-38-37-45(3)4)40-51-43(47)36-34-32-30-28-26-24-22-20-18-16-14-12-10-8-6-2/h19-22,41,44H,5-18,23-40H2,1-4H3/b21-19-,22-20-. The van der Waals surface area contributed by atoms with Crippen molar-refractivity contribution >= 4 is 22.2 Å². The fraction of sp³-hybridized carbons (Fsp3) is 0.860. The summed E-state index contributed by atoms with van der Waals surface area (Å²) < 4.78 is 43.3. The van der Waals surface area contributed by atoms with Gasteiger partial charge in [0.05, 0.1) is 12.6 Å². The topological polar surface area (TPSA) is 111 Å². The Kier molecular flexibility index (Phi) is 37.2. The molecule has 0 radical (unpaired) electrons. The molecule has 0 saturated heterocycles. The summed E-state index contributed by atoms with van der Waals surface area (Å²) in [5, 5.41) is 0. The monoisotopic (exact) mass is 771 g/mol. The summed E-state index contributed by atoms with van der Waals surface area (Å²) in [5.74, 6) is -0.778. The van der Waals surface area contributed by atoms with Gasteiger partial charge in [0.25, 0.3) is 0 Å². The van der Waals surface area contributed by atoms with E-state index in [2.05, 4.69) is 42.9 Å². The Morgan fingerprint density at radius 1 is 0.547 bits per heavy atom. The maximum absolute atomic E-state index is 12.5. The molecule has 0 unspecified atom stereocenters. The summed E-state index contributed by atoms with van der Waals surface area (Å²) in [5.41, 5.74) is 0. The molecule has 0 aliphatic heterocycles. The molecule has 0 aliphatic carbocycles. The lowest BCUT2D eigenvalue weighted by Gasteiger charge is -2.19. The summed E-state index contributed by atoms with van der Waals surface area (Å²) in [6.07, 6.45) is 40.4. The molecule has 0 aromatic heterocycles. The van der Waals surface area contributed by atoms with Crippen LogP contribution < -0.4 is 4.72 Å². The van der Waals surface area contributed by atoms with E-state index in [0.29, 0.717) is 6.54 Å². The molecule has 312 valence electrons. The minimum Gasteiger partial charge on any atom is -0.464 e. The summed E-state index contributed by atoms with van der Waals surface area (Å²) in [7, 11) is -0.495. The molecular weight excluding hydrogens is 689 g/mol. The first-order chi connectivity index (χ1) is 25.7. The molecule has 0 amide bonds. The molecule has 0 aliphatic rings. The van der Waals surface area contributed by atoms with Gasteiger partial charge in [0.2, 0.25) is 0 Å². The van der Waals surface area contributed by atoms with E-state index in [0.717, 1.165) is 77.0 Å². The molecule has 0 spiro atoms. The van der Waals surface area contributed by atoms with Gasteiger partial charge in [-0.3, -0.25) is 13.8 Å². The number of likely N-dealkylation sites (N-methyl/N-ethyl adjacent to an activating group) is 1. The molecule has 0 aromatic carbocycles. The maximum Gasteiger partial charge on any atom is 0.336 e. The molecule has 0 fully saturated rings. The van der Waals surface area contributed by atoms with Crippen LogP contribution in [-0.4, -0.2) is 71.8 Å². The molecular formula is C43H82N2O7S. The fourth-order valence-electron chi connectivity index (χ4n) is 5.90. The van der Waals surface area contributed by atoms with Crippen LogP contribution in [0.3, 0.4) is 0 Å². The highest BCUT2D eigenvalue weighted by Gasteiger charge is 2.22. The highest BCUT2D eigenvalue weighted by molar-refractivity contribution is 7.84. The predicted molar refractivity (Wildman–Crippen MR) is 221 cm³/mol. The van der Waals surface area contributed by atoms with E-state index in [1.165, 1.54) is 89.9 Å². The zero-order valence-corrected chi connectivity index (χ0v) is 35.5. The largest absolute Gasteiger partial charge is 0.464 e. The van der Waals surface area contributed by atoms with Gasteiger partial charge in [-0.05, 0) is 78.3 Å². The normalized spacial score (nSPS) is 12.2. The quantitative estimate of drug-likeness (QED) is 0.0372. The third-order valence-corrected chi connectivity index (χ3v) is 10.4. The van der Waals surface area contributed by atoms with E-state index in [4.69, 9.17) is 13.7 Å². The lowest BCUT2D eigenvalue weighted by atomic mass is 10.1. The van der Waals surface area contributed by atoms with E-state index in [1.807, 2.05) is 14.1 Å². The molecule has 0 bridgehead atoms. The van der Waals surface area contributed by atoms with Crippen LogP contribution >= 0.6 is 0 Å². The van der Waals surface area contributed by atoms with E-state index < -0.39 is 16.3 Å². The first-order valence-electron chi connectivity index (χ1n) is 21.6. The van der Waals surface area contributed by atoms with Crippen molar-refractivity contribution < 1.29 is 31.7 Å². The Balaban J connectivity index is 4.27. The van der Waals surface area contributed by atoms with E-state index >= 15 is 0 Å². The number of esters is 2.